The second-order valence-electron chi connectivity index (χ2n) is 5.94. The number of imide groups is 1. The number of sulfonamides is 1. The van der Waals surface area contributed by atoms with Gasteiger partial charge in [-0.25, -0.2) is 12.7 Å². The van der Waals surface area contributed by atoms with E-state index in [1.165, 1.54) is 10.4 Å². The van der Waals surface area contributed by atoms with Gasteiger partial charge in [0.05, 0.1) is 23.1 Å². The van der Waals surface area contributed by atoms with Gasteiger partial charge in [-0.05, 0) is 25.0 Å². The van der Waals surface area contributed by atoms with E-state index in [1.54, 1.807) is 12.1 Å². The van der Waals surface area contributed by atoms with Gasteiger partial charge in [0.1, 0.15) is 0 Å². The van der Waals surface area contributed by atoms with Gasteiger partial charge in [0.2, 0.25) is 15.9 Å². The second kappa shape index (κ2) is 5.99. The first-order valence-electron chi connectivity index (χ1n) is 7.52. The molecule has 24 heavy (non-hydrogen) atoms. The molecule has 0 aliphatic carbocycles. The van der Waals surface area contributed by atoms with Crippen LogP contribution in [0.4, 0.5) is 5.69 Å². The molecule has 1 aromatic rings. The summed E-state index contributed by atoms with van der Waals surface area (Å²) in [6.07, 6.45) is 1.98. The molecule has 0 aromatic heterocycles. The van der Waals surface area contributed by atoms with Crippen LogP contribution in [0.15, 0.2) is 18.2 Å². The van der Waals surface area contributed by atoms with Crippen molar-refractivity contribution in [3.05, 3.63) is 29.3 Å². The van der Waals surface area contributed by atoms with Gasteiger partial charge < -0.3 is 5.32 Å². The molecule has 1 saturated heterocycles. The highest BCUT2D eigenvalue weighted by atomic mass is 32.2. The highest BCUT2D eigenvalue weighted by Gasteiger charge is 2.32. The Kier molecular flexibility index (Phi) is 4.14. The van der Waals surface area contributed by atoms with Gasteiger partial charge in [0.15, 0.2) is 0 Å². The molecular formula is C15H17N3O5S. The summed E-state index contributed by atoms with van der Waals surface area (Å²) < 4.78 is 24.3. The van der Waals surface area contributed by atoms with Gasteiger partial charge in [-0.15, -0.1) is 0 Å². The van der Waals surface area contributed by atoms with Crippen LogP contribution in [0.25, 0.3) is 0 Å². The van der Waals surface area contributed by atoms with E-state index in [0.29, 0.717) is 31.6 Å². The molecule has 2 aliphatic rings. The Morgan fingerprint density at radius 1 is 1.21 bits per heavy atom. The second-order valence-corrected chi connectivity index (χ2v) is 7.92. The number of carbonyl (C=O) groups excluding carboxylic acids is 3. The molecule has 1 aromatic carbocycles. The molecule has 0 saturated carbocycles. The molecule has 2 heterocycles. The molecule has 3 rings (SSSR count). The maximum Gasteiger partial charge on any atom is 0.261 e. The van der Waals surface area contributed by atoms with Crippen molar-refractivity contribution < 1.29 is 22.8 Å². The number of amides is 3. The zero-order chi connectivity index (χ0) is 17.5. The topological polar surface area (TPSA) is 113 Å². The van der Waals surface area contributed by atoms with Crippen LogP contribution in [0.3, 0.4) is 0 Å². The quantitative estimate of drug-likeness (QED) is 0.755. The van der Waals surface area contributed by atoms with E-state index in [1.807, 2.05) is 0 Å². The zero-order valence-electron chi connectivity index (χ0n) is 13.0. The van der Waals surface area contributed by atoms with Crippen LogP contribution in [0.2, 0.25) is 0 Å². The molecule has 1 fully saturated rings. The van der Waals surface area contributed by atoms with E-state index in [2.05, 4.69) is 10.6 Å². The van der Waals surface area contributed by atoms with Gasteiger partial charge in [-0.3, -0.25) is 19.7 Å². The summed E-state index contributed by atoms with van der Waals surface area (Å²) >= 11 is 0. The molecule has 0 spiro atoms. The lowest BCUT2D eigenvalue weighted by molar-refractivity contribution is -0.120. The summed E-state index contributed by atoms with van der Waals surface area (Å²) in [5.74, 6) is -1.62. The first kappa shape index (κ1) is 16.6. The molecular weight excluding hydrogens is 334 g/mol. The summed E-state index contributed by atoms with van der Waals surface area (Å²) in [7, 11) is -3.24. The smallest absolute Gasteiger partial charge is 0.261 e. The van der Waals surface area contributed by atoms with Gasteiger partial charge in [-0.2, -0.15) is 0 Å². The van der Waals surface area contributed by atoms with E-state index in [0.717, 1.165) is 6.26 Å². The SMILES string of the molecule is CS(=O)(=O)N1CCC(C(=O)Nc2cccc3c2C(=O)NC3=O)CC1. The van der Waals surface area contributed by atoms with Crippen molar-refractivity contribution in [2.45, 2.75) is 12.8 Å². The van der Waals surface area contributed by atoms with Crippen molar-refractivity contribution >= 4 is 33.4 Å². The fourth-order valence-electron chi connectivity index (χ4n) is 3.01. The van der Waals surface area contributed by atoms with E-state index < -0.39 is 21.8 Å². The summed E-state index contributed by atoms with van der Waals surface area (Å²) in [6, 6.07) is 4.69. The van der Waals surface area contributed by atoms with Crippen LogP contribution in [0, 0.1) is 5.92 Å². The third kappa shape index (κ3) is 3.04. The third-order valence-electron chi connectivity index (χ3n) is 4.31. The van der Waals surface area contributed by atoms with E-state index in [-0.39, 0.29) is 23.0 Å². The Morgan fingerprint density at radius 2 is 1.88 bits per heavy atom. The van der Waals surface area contributed by atoms with E-state index in [4.69, 9.17) is 0 Å². The average Bonchev–Trinajstić information content (AvgIpc) is 2.82. The first-order valence-corrected chi connectivity index (χ1v) is 9.37. The molecule has 9 heteroatoms. The maximum atomic E-state index is 12.4. The first-order chi connectivity index (χ1) is 11.3. The van der Waals surface area contributed by atoms with Gasteiger partial charge in [0, 0.05) is 19.0 Å². The molecule has 8 nitrogen and oxygen atoms in total. The lowest BCUT2D eigenvalue weighted by Crippen LogP contribution is -2.41. The monoisotopic (exact) mass is 351 g/mol. The lowest BCUT2D eigenvalue weighted by Gasteiger charge is -2.29. The standard InChI is InChI=1S/C15H17N3O5S/c1-24(22,23)18-7-5-9(6-8-18)13(19)16-11-4-2-3-10-12(11)15(21)17-14(10)20/h2-4,9H,5-8H2,1H3,(H,16,19)(H,17,20,21). The predicted octanol–water partition coefficient (Wildman–Crippen LogP) is 0.180. The minimum Gasteiger partial charge on any atom is -0.325 e. The zero-order valence-corrected chi connectivity index (χ0v) is 13.9. The molecule has 128 valence electrons. The number of piperidine rings is 1. The Balaban J connectivity index is 1.71. The average molecular weight is 351 g/mol. The van der Waals surface area contributed by atoms with Crippen molar-refractivity contribution in [3.63, 3.8) is 0 Å². The van der Waals surface area contributed by atoms with Gasteiger partial charge in [-0.1, -0.05) is 6.07 Å². The largest absolute Gasteiger partial charge is 0.325 e. The number of hydrogen-bond acceptors (Lipinski definition) is 5. The van der Waals surface area contributed by atoms with Crippen molar-refractivity contribution in [1.82, 2.24) is 9.62 Å². The molecule has 0 radical (unpaired) electrons. The molecule has 2 N–H and O–H groups in total. The Labute approximate surface area is 139 Å². The van der Waals surface area contributed by atoms with E-state index >= 15 is 0 Å². The van der Waals surface area contributed by atoms with Gasteiger partial charge >= 0.3 is 0 Å². The minimum atomic E-state index is -3.24. The number of nitrogens with zero attached hydrogens (tertiary/aromatic N) is 1. The van der Waals surface area contributed by atoms with Crippen molar-refractivity contribution in [2.75, 3.05) is 24.7 Å². The van der Waals surface area contributed by atoms with Crippen LogP contribution in [-0.4, -0.2) is 49.8 Å². The Bertz CT molecular complexity index is 826. The summed E-state index contributed by atoms with van der Waals surface area (Å²) in [5.41, 5.74) is 0.709. The maximum absolute atomic E-state index is 12.4. The third-order valence-corrected chi connectivity index (χ3v) is 5.62. The number of carbonyl (C=O) groups is 3. The van der Waals surface area contributed by atoms with Crippen molar-refractivity contribution in [1.29, 1.82) is 0 Å². The molecule has 0 atom stereocenters. The summed E-state index contributed by atoms with van der Waals surface area (Å²) in [4.78, 5) is 35.9. The molecule has 2 aliphatic heterocycles. The number of hydrogen-bond donors (Lipinski definition) is 2. The fraction of sp³-hybridized carbons (Fsp3) is 0.400. The molecule has 3 amide bonds. The number of benzene rings is 1. The van der Waals surface area contributed by atoms with Crippen LogP contribution in [0.5, 0.6) is 0 Å². The highest BCUT2D eigenvalue weighted by Crippen LogP contribution is 2.26. The van der Waals surface area contributed by atoms with Crippen molar-refractivity contribution in [3.8, 4) is 0 Å². The highest BCUT2D eigenvalue weighted by molar-refractivity contribution is 7.88. The van der Waals surface area contributed by atoms with Crippen LogP contribution in [-0.2, 0) is 14.8 Å². The lowest BCUT2D eigenvalue weighted by atomic mass is 9.96. The normalized spacial score (nSPS) is 19.0. The number of rotatable bonds is 3. The number of anilines is 1. The Hall–Kier alpha value is -2.26. The van der Waals surface area contributed by atoms with Crippen LogP contribution in [0.1, 0.15) is 33.6 Å². The van der Waals surface area contributed by atoms with E-state index in [9.17, 15) is 22.8 Å². The molecule has 0 bridgehead atoms. The van der Waals surface area contributed by atoms with Crippen LogP contribution < -0.4 is 10.6 Å². The summed E-state index contributed by atoms with van der Waals surface area (Å²) in [6.45, 7) is 0.589. The summed E-state index contributed by atoms with van der Waals surface area (Å²) in [5, 5.41) is 4.89. The number of nitrogens with one attached hydrogen (secondary N) is 2. The number of fused-ring (bicyclic) bond motifs is 1. The van der Waals surface area contributed by atoms with Crippen LogP contribution >= 0.6 is 0 Å². The fourth-order valence-corrected chi connectivity index (χ4v) is 3.88. The Morgan fingerprint density at radius 3 is 2.50 bits per heavy atom. The minimum absolute atomic E-state index is 0.171. The van der Waals surface area contributed by atoms with Crippen molar-refractivity contribution in [2.24, 2.45) is 5.92 Å². The molecule has 0 unspecified atom stereocenters. The van der Waals surface area contributed by atoms with Gasteiger partial charge in [0.25, 0.3) is 11.8 Å². The predicted molar refractivity (Wildman–Crippen MR) is 86.0 cm³/mol.